The van der Waals surface area contributed by atoms with Crippen LogP contribution in [0.4, 0.5) is 4.79 Å². The number of nitrogens with zero attached hydrogens (tertiary/aromatic N) is 2. The van der Waals surface area contributed by atoms with Gasteiger partial charge in [0.15, 0.2) is 0 Å². The van der Waals surface area contributed by atoms with Crippen LogP contribution in [0.15, 0.2) is 30.3 Å². The summed E-state index contributed by atoms with van der Waals surface area (Å²) in [6.07, 6.45) is 2.36. The van der Waals surface area contributed by atoms with Crippen molar-refractivity contribution in [3.8, 4) is 0 Å². The zero-order valence-electron chi connectivity index (χ0n) is 14.8. The molecule has 136 valence electrons. The van der Waals surface area contributed by atoms with Crippen molar-refractivity contribution in [1.82, 2.24) is 9.80 Å². The van der Waals surface area contributed by atoms with E-state index in [4.69, 9.17) is 9.47 Å². The number of amides is 1. The molecule has 4 rings (SSSR count). The zero-order valence-corrected chi connectivity index (χ0v) is 14.8. The summed E-state index contributed by atoms with van der Waals surface area (Å²) < 4.78 is 10.9. The quantitative estimate of drug-likeness (QED) is 0.842. The molecule has 0 spiro atoms. The molecule has 1 aromatic carbocycles. The van der Waals surface area contributed by atoms with E-state index in [1.165, 1.54) is 19.4 Å². The molecule has 2 aliphatic heterocycles. The Morgan fingerprint density at radius 3 is 2.44 bits per heavy atom. The first-order valence-corrected chi connectivity index (χ1v) is 9.53. The summed E-state index contributed by atoms with van der Waals surface area (Å²) in [5.74, 6) is 2.11. The minimum atomic E-state index is -0.150. The fourth-order valence-electron chi connectivity index (χ4n) is 4.68. The molecule has 1 amide bonds. The van der Waals surface area contributed by atoms with E-state index in [-0.39, 0.29) is 6.09 Å². The van der Waals surface area contributed by atoms with Gasteiger partial charge >= 0.3 is 6.09 Å². The molecule has 2 heterocycles. The highest BCUT2D eigenvalue weighted by Crippen LogP contribution is 2.42. The van der Waals surface area contributed by atoms with Crippen LogP contribution < -0.4 is 0 Å². The molecule has 2 saturated heterocycles. The molecule has 2 unspecified atom stereocenters. The number of likely N-dealkylation sites (tertiary alicyclic amines) is 1. The van der Waals surface area contributed by atoms with Gasteiger partial charge in [-0.15, -0.1) is 0 Å². The lowest BCUT2D eigenvalue weighted by Gasteiger charge is -2.29. The normalized spacial score (nSPS) is 29.6. The lowest BCUT2D eigenvalue weighted by atomic mass is 10.0. The van der Waals surface area contributed by atoms with Crippen LogP contribution in [-0.2, 0) is 16.1 Å². The van der Waals surface area contributed by atoms with Crippen molar-refractivity contribution in [2.45, 2.75) is 19.4 Å². The highest BCUT2D eigenvalue weighted by atomic mass is 16.6. The molecule has 3 aliphatic rings. The first kappa shape index (κ1) is 16.9. The number of carbonyl (C=O) groups is 1. The number of carbonyl (C=O) groups excluding carboxylic acids is 1. The number of benzene rings is 1. The van der Waals surface area contributed by atoms with E-state index in [0.29, 0.717) is 18.4 Å². The predicted molar refractivity (Wildman–Crippen MR) is 95.2 cm³/mol. The zero-order chi connectivity index (χ0) is 17.1. The fraction of sp³-hybridized carbons (Fsp3) is 0.650. The number of hydrogen-bond donors (Lipinski definition) is 0. The van der Waals surface area contributed by atoms with Crippen LogP contribution in [0.1, 0.15) is 18.4 Å². The SMILES string of the molecule is O=C(OCc1ccccc1)N1CC2CC(CN3CCOCC3)CC2C1. The summed E-state index contributed by atoms with van der Waals surface area (Å²) in [5.41, 5.74) is 1.04. The van der Waals surface area contributed by atoms with Gasteiger partial charge in [-0.05, 0) is 36.2 Å². The molecule has 2 atom stereocenters. The van der Waals surface area contributed by atoms with E-state index in [2.05, 4.69) is 4.90 Å². The molecule has 3 fully saturated rings. The third-order valence-electron chi connectivity index (χ3n) is 5.93. The van der Waals surface area contributed by atoms with Gasteiger partial charge in [0, 0.05) is 32.7 Å². The van der Waals surface area contributed by atoms with Gasteiger partial charge in [-0.3, -0.25) is 4.90 Å². The Labute approximate surface area is 149 Å². The molecule has 0 bridgehead atoms. The summed E-state index contributed by atoms with van der Waals surface area (Å²) >= 11 is 0. The molecule has 0 aromatic heterocycles. The highest BCUT2D eigenvalue weighted by molar-refractivity contribution is 5.68. The lowest BCUT2D eigenvalue weighted by Crippen LogP contribution is -2.39. The maximum absolute atomic E-state index is 12.3. The van der Waals surface area contributed by atoms with Crippen LogP contribution in [0.2, 0.25) is 0 Å². The number of fused-ring (bicyclic) bond motifs is 1. The Bertz CT molecular complexity index is 560. The molecule has 1 saturated carbocycles. The van der Waals surface area contributed by atoms with Crippen molar-refractivity contribution in [1.29, 1.82) is 0 Å². The Morgan fingerprint density at radius 1 is 1.08 bits per heavy atom. The first-order chi connectivity index (χ1) is 12.3. The van der Waals surface area contributed by atoms with Crippen LogP contribution in [0.5, 0.6) is 0 Å². The van der Waals surface area contributed by atoms with E-state index in [0.717, 1.165) is 50.9 Å². The van der Waals surface area contributed by atoms with Gasteiger partial charge in [0.1, 0.15) is 6.61 Å². The van der Waals surface area contributed by atoms with E-state index < -0.39 is 0 Å². The molecular weight excluding hydrogens is 316 g/mol. The summed E-state index contributed by atoms with van der Waals surface area (Å²) in [5, 5.41) is 0. The van der Waals surface area contributed by atoms with Crippen LogP contribution in [0.25, 0.3) is 0 Å². The number of ether oxygens (including phenoxy) is 2. The van der Waals surface area contributed by atoms with Crippen molar-refractivity contribution in [2.24, 2.45) is 17.8 Å². The Morgan fingerprint density at radius 2 is 1.76 bits per heavy atom. The van der Waals surface area contributed by atoms with Crippen LogP contribution in [0, 0.1) is 17.8 Å². The summed E-state index contributed by atoms with van der Waals surface area (Å²) in [6.45, 7) is 7.21. The minimum Gasteiger partial charge on any atom is -0.445 e. The average molecular weight is 344 g/mol. The molecule has 5 nitrogen and oxygen atoms in total. The monoisotopic (exact) mass is 344 g/mol. The van der Waals surface area contributed by atoms with E-state index in [9.17, 15) is 4.79 Å². The summed E-state index contributed by atoms with van der Waals surface area (Å²) in [6, 6.07) is 9.89. The molecule has 5 heteroatoms. The second kappa shape index (κ2) is 7.75. The van der Waals surface area contributed by atoms with Crippen molar-refractivity contribution in [3.63, 3.8) is 0 Å². The van der Waals surface area contributed by atoms with E-state index in [1.54, 1.807) is 0 Å². The van der Waals surface area contributed by atoms with Crippen molar-refractivity contribution in [3.05, 3.63) is 35.9 Å². The first-order valence-electron chi connectivity index (χ1n) is 9.53. The van der Waals surface area contributed by atoms with Crippen molar-refractivity contribution >= 4 is 6.09 Å². The molecule has 0 N–H and O–H groups in total. The topological polar surface area (TPSA) is 42.0 Å². The van der Waals surface area contributed by atoms with Gasteiger partial charge in [-0.1, -0.05) is 30.3 Å². The van der Waals surface area contributed by atoms with Gasteiger partial charge in [0.2, 0.25) is 0 Å². The molecule has 25 heavy (non-hydrogen) atoms. The Kier molecular flexibility index (Phi) is 5.22. The van der Waals surface area contributed by atoms with Crippen LogP contribution in [-0.4, -0.2) is 61.8 Å². The lowest BCUT2D eigenvalue weighted by molar-refractivity contribution is 0.0302. The number of hydrogen-bond acceptors (Lipinski definition) is 4. The van der Waals surface area contributed by atoms with Gasteiger partial charge in [-0.25, -0.2) is 4.79 Å². The van der Waals surface area contributed by atoms with Crippen molar-refractivity contribution < 1.29 is 14.3 Å². The minimum absolute atomic E-state index is 0.150. The Balaban J connectivity index is 1.21. The molecule has 1 aliphatic carbocycles. The predicted octanol–water partition coefficient (Wildman–Crippen LogP) is 2.61. The maximum Gasteiger partial charge on any atom is 0.410 e. The van der Waals surface area contributed by atoms with Crippen molar-refractivity contribution in [2.75, 3.05) is 45.9 Å². The van der Waals surface area contributed by atoms with Gasteiger partial charge in [0.05, 0.1) is 13.2 Å². The second-order valence-electron chi connectivity index (χ2n) is 7.72. The number of rotatable bonds is 4. The van der Waals surface area contributed by atoms with Crippen LogP contribution in [0.3, 0.4) is 0 Å². The van der Waals surface area contributed by atoms with Crippen LogP contribution >= 0.6 is 0 Å². The van der Waals surface area contributed by atoms with Gasteiger partial charge in [0.25, 0.3) is 0 Å². The molecular formula is C20H28N2O3. The Hall–Kier alpha value is -1.59. The number of morpholine rings is 1. The molecule has 1 aromatic rings. The smallest absolute Gasteiger partial charge is 0.410 e. The maximum atomic E-state index is 12.3. The summed E-state index contributed by atoms with van der Waals surface area (Å²) in [7, 11) is 0. The standard InChI is InChI=1S/C20H28N2O3/c23-20(25-15-16-4-2-1-3-5-16)22-13-18-10-17(11-19(18)14-22)12-21-6-8-24-9-7-21/h1-5,17-19H,6-15H2. The third-order valence-corrected chi connectivity index (χ3v) is 5.93. The van der Waals surface area contributed by atoms with E-state index >= 15 is 0 Å². The van der Waals surface area contributed by atoms with Gasteiger partial charge < -0.3 is 14.4 Å². The third kappa shape index (κ3) is 4.15. The fourth-order valence-corrected chi connectivity index (χ4v) is 4.68. The van der Waals surface area contributed by atoms with Gasteiger partial charge in [-0.2, -0.15) is 0 Å². The average Bonchev–Trinajstić information content (AvgIpc) is 3.20. The molecule has 0 radical (unpaired) electrons. The highest BCUT2D eigenvalue weighted by Gasteiger charge is 2.43. The second-order valence-corrected chi connectivity index (χ2v) is 7.72. The largest absolute Gasteiger partial charge is 0.445 e. The summed E-state index contributed by atoms with van der Waals surface area (Å²) in [4.78, 5) is 16.8. The van der Waals surface area contributed by atoms with E-state index in [1.807, 2.05) is 35.2 Å².